The van der Waals surface area contributed by atoms with E-state index in [0.717, 1.165) is 5.56 Å². The van der Waals surface area contributed by atoms with Gasteiger partial charge in [0.25, 0.3) is 11.6 Å². The number of carbonyl (C=O) groups is 3. The van der Waals surface area contributed by atoms with E-state index in [1.54, 1.807) is 17.0 Å². The normalized spacial score (nSPS) is 14.5. The van der Waals surface area contributed by atoms with Crippen molar-refractivity contribution >= 4 is 23.4 Å². The highest BCUT2D eigenvalue weighted by atomic mass is 16.6. The molecule has 1 heterocycles. The summed E-state index contributed by atoms with van der Waals surface area (Å²) < 4.78 is 10.6. The molecule has 2 aromatic carbocycles. The molecule has 2 aromatic rings. The molecule has 3 rings (SSSR count). The third-order valence-electron chi connectivity index (χ3n) is 6.04. The van der Waals surface area contributed by atoms with Crippen molar-refractivity contribution in [2.24, 2.45) is 0 Å². The number of nitro groups is 1. The number of hydrogen-bond donors (Lipinski definition) is 2. The summed E-state index contributed by atoms with van der Waals surface area (Å²) in [5, 5.41) is 16.5. The number of rotatable bonds is 9. The number of nitrogens with zero attached hydrogens (tertiary/aromatic N) is 2. The van der Waals surface area contributed by atoms with Gasteiger partial charge in [-0.3, -0.25) is 24.5 Å². The standard InChI is InChI=1S/C25H30N4O7/c1-16(30)26-21(14-17-4-9-22(35-2)23(15-17)36-3)24(31)27-19-10-12-28(13-11-19)25(32)18-5-7-20(8-6-18)29(33)34/h4-9,15,19,21H,10-14H2,1-3H3,(H,26,30)(H,27,31)/t21-/m0/s1. The molecule has 3 amide bonds. The Morgan fingerprint density at radius 1 is 1.06 bits per heavy atom. The molecule has 11 nitrogen and oxygen atoms in total. The summed E-state index contributed by atoms with van der Waals surface area (Å²) in [5.74, 6) is 0.261. The predicted octanol–water partition coefficient (Wildman–Crippen LogP) is 2.08. The van der Waals surface area contributed by atoms with Crippen molar-refractivity contribution < 1.29 is 28.8 Å². The van der Waals surface area contributed by atoms with Crippen molar-refractivity contribution in [3.05, 3.63) is 63.7 Å². The van der Waals surface area contributed by atoms with Crippen LogP contribution in [0, 0.1) is 10.1 Å². The van der Waals surface area contributed by atoms with E-state index in [1.165, 1.54) is 45.4 Å². The lowest BCUT2D eigenvalue weighted by Crippen LogP contribution is -2.53. The first-order valence-electron chi connectivity index (χ1n) is 11.5. The van der Waals surface area contributed by atoms with Gasteiger partial charge in [-0.25, -0.2) is 0 Å². The number of amides is 3. The molecule has 0 bridgehead atoms. The lowest BCUT2D eigenvalue weighted by molar-refractivity contribution is -0.384. The molecule has 192 valence electrons. The largest absolute Gasteiger partial charge is 0.493 e. The number of likely N-dealkylation sites (tertiary alicyclic amines) is 1. The molecule has 36 heavy (non-hydrogen) atoms. The van der Waals surface area contributed by atoms with Gasteiger partial charge in [0.15, 0.2) is 11.5 Å². The molecule has 0 aliphatic carbocycles. The Morgan fingerprint density at radius 2 is 1.69 bits per heavy atom. The zero-order valence-electron chi connectivity index (χ0n) is 20.5. The van der Waals surface area contributed by atoms with Crippen molar-refractivity contribution in [1.29, 1.82) is 0 Å². The minimum Gasteiger partial charge on any atom is -0.493 e. The van der Waals surface area contributed by atoms with E-state index < -0.39 is 11.0 Å². The van der Waals surface area contributed by atoms with Crippen LogP contribution in [0.5, 0.6) is 11.5 Å². The van der Waals surface area contributed by atoms with Crippen LogP contribution in [-0.2, 0) is 16.0 Å². The SMILES string of the molecule is COc1ccc(C[C@H](NC(C)=O)C(=O)NC2CCN(C(=O)c3ccc([N+](=O)[O-])cc3)CC2)cc1OC. The number of hydrogen-bond acceptors (Lipinski definition) is 7. The van der Waals surface area contributed by atoms with Crippen LogP contribution in [-0.4, -0.2) is 66.9 Å². The summed E-state index contributed by atoms with van der Waals surface area (Å²) in [5.41, 5.74) is 1.10. The van der Waals surface area contributed by atoms with Gasteiger partial charge in [0.2, 0.25) is 11.8 Å². The first kappa shape index (κ1) is 26.5. The maximum atomic E-state index is 13.0. The van der Waals surface area contributed by atoms with E-state index in [1.807, 2.05) is 6.07 Å². The summed E-state index contributed by atoms with van der Waals surface area (Å²) in [6, 6.07) is 9.90. The zero-order chi connectivity index (χ0) is 26.2. The number of benzene rings is 2. The van der Waals surface area contributed by atoms with E-state index in [4.69, 9.17) is 9.47 Å². The Balaban J connectivity index is 1.58. The highest BCUT2D eigenvalue weighted by Crippen LogP contribution is 2.28. The minimum absolute atomic E-state index is 0.0743. The lowest BCUT2D eigenvalue weighted by Gasteiger charge is -2.33. The predicted molar refractivity (Wildman–Crippen MR) is 131 cm³/mol. The van der Waals surface area contributed by atoms with Gasteiger partial charge in [-0.1, -0.05) is 6.07 Å². The molecule has 0 aromatic heterocycles. The summed E-state index contributed by atoms with van der Waals surface area (Å²) in [7, 11) is 3.06. The third-order valence-corrected chi connectivity index (χ3v) is 6.04. The Bertz CT molecular complexity index is 1110. The van der Waals surface area contributed by atoms with Crippen LogP contribution in [0.25, 0.3) is 0 Å². The molecule has 0 unspecified atom stereocenters. The molecule has 1 aliphatic heterocycles. The van der Waals surface area contributed by atoms with Crippen LogP contribution in [0.4, 0.5) is 5.69 Å². The molecule has 1 fully saturated rings. The number of non-ortho nitro benzene ring substituents is 1. The van der Waals surface area contributed by atoms with Gasteiger partial charge in [-0.2, -0.15) is 0 Å². The van der Waals surface area contributed by atoms with Crippen molar-refractivity contribution in [2.75, 3.05) is 27.3 Å². The van der Waals surface area contributed by atoms with Crippen LogP contribution >= 0.6 is 0 Å². The van der Waals surface area contributed by atoms with Crippen molar-refractivity contribution in [2.45, 2.75) is 38.3 Å². The summed E-state index contributed by atoms with van der Waals surface area (Å²) in [6.45, 7) is 2.22. The average Bonchev–Trinajstić information content (AvgIpc) is 2.88. The van der Waals surface area contributed by atoms with Gasteiger partial charge in [0.05, 0.1) is 19.1 Å². The molecule has 1 aliphatic rings. The smallest absolute Gasteiger partial charge is 0.269 e. The van der Waals surface area contributed by atoms with Gasteiger partial charge < -0.3 is 25.0 Å². The molecule has 0 spiro atoms. The van der Waals surface area contributed by atoms with E-state index in [-0.39, 0.29) is 35.9 Å². The van der Waals surface area contributed by atoms with Crippen molar-refractivity contribution in [1.82, 2.24) is 15.5 Å². The molecule has 1 atom stereocenters. The Kier molecular flexibility index (Phi) is 8.82. The number of nitro benzene ring substituents is 1. The molecule has 0 radical (unpaired) electrons. The molecular weight excluding hydrogens is 468 g/mol. The van der Waals surface area contributed by atoms with E-state index in [0.29, 0.717) is 43.0 Å². The van der Waals surface area contributed by atoms with Gasteiger partial charge in [0, 0.05) is 50.2 Å². The highest BCUT2D eigenvalue weighted by molar-refractivity contribution is 5.94. The van der Waals surface area contributed by atoms with Crippen LogP contribution in [0.2, 0.25) is 0 Å². The van der Waals surface area contributed by atoms with E-state index in [9.17, 15) is 24.5 Å². The fourth-order valence-corrected chi connectivity index (χ4v) is 4.13. The monoisotopic (exact) mass is 498 g/mol. The fraction of sp³-hybridized carbons (Fsp3) is 0.400. The Hall–Kier alpha value is -4.15. The summed E-state index contributed by atoms with van der Waals surface area (Å²) in [6.07, 6.45) is 1.37. The zero-order valence-corrected chi connectivity index (χ0v) is 20.5. The maximum Gasteiger partial charge on any atom is 0.269 e. The average molecular weight is 499 g/mol. The summed E-state index contributed by atoms with van der Waals surface area (Å²) in [4.78, 5) is 49.5. The minimum atomic E-state index is -0.777. The van der Waals surface area contributed by atoms with Gasteiger partial charge in [0.1, 0.15) is 6.04 Å². The molecule has 0 saturated carbocycles. The number of nitrogens with one attached hydrogen (secondary N) is 2. The summed E-state index contributed by atoms with van der Waals surface area (Å²) >= 11 is 0. The Morgan fingerprint density at radius 3 is 2.25 bits per heavy atom. The third kappa shape index (κ3) is 6.71. The van der Waals surface area contributed by atoms with Gasteiger partial charge in [-0.15, -0.1) is 0 Å². The second kappa shape index (κ2) is 12.0. The molecule has 11 heteroatoms. The second-order valence-electron chi connectivity index (χ2n) is 8.53. The number of methoxy groups -OCH3 is 2. The second-order valence-corrected chi connectivity index (χ2v) is 8.53. The first-order valence-corrected chi connectivity index (χ1v) is 11.5. The number of ether oxygens (including phenoxy) is 2. The highest BCUT2D eigenvalue weighted by Gasteiger charge is 2.28. The topological polar surface area (TPSA) is 140 Å². The van der Waals surface area contributed by atoms with Crippen molar-refractivity contribution in [3.63, 3.8) is 0 Å². The molecule has 2 N–H and O–H groups in total. The maximum absolute atomic E-state index is 13.0. The molecule has 1 saturated heterocycles. The fourth-order valence-electron chi connectivity index (χ4n) is 4.13. The van der Waals surface area contributed by atoms with Gasteiger partial charge in [-0.05, 0) is 42.7 Å². The lowest BCUT2D eigenvalue weighted by atomic mass is 10.0. The molecular formula is C25H30N4O7. The van der Waals surface area contributed by atoms with E-state index in [2.05, 4.69) is 10.6 Å². The number of piperidine rings is 1. The quantitative estimate of drug-likeness (QED) is 0.398. The van der Waals surface area contributed by atoms with Crippen molar-refractivity contribution in [3.8, 4) is 11.5 Å². The van der Waals surface area contributed by atoms with E-state index >= 15 is 0 Å². The van der Waals surface area contributed by atoms with Crippen LogP contribution in [0.1, 0.15) is 35.7 Å². The number of carbonyl (C=O) groups excluding carboxylic acids is 3. The first-order chi connectivity index (χ1) is 17.2. The van der Waals surface area contributed by atoms with Crippen LogP contribution in [0.15, 0.2) is 42.5 Å². The Labute approximate surface area is 208 Å². The van der Waals surface area contributed by atoms with Gasteiger partial charge >= 0.3 is 0 Å². The van der Waals surface area contributed by atoms with Crippen LogP contribution < -0.4 is 20.1 Å². The van der Waals surface area contributed by atoms with Crippen LogP contribution in [0.3, 0.4) is 0 Å².